The molecule has 4 heteroatoms. The zero-order valence-corrected chi connectivity index (χ0v) is 12.0. The molecule has 1 atom stereocenters. The maximum atomic E-state index is 11.1. The molecule has 1 rings (SSSR count). The van der Waals surface area contributed by atoms with Crippen LogP contribution in [0, 0.1) is 6.92 Å². The molecule has 1 unspecified atom stereocenters. The summed E-state index contributed by atoms with van der Waals surface area (Å²) in [4.78, 5) is 11.1. The van der Waals surface area contributed by atoms with E-state index >= 15 is 0 Å². The van der Waals surface area contributed by atoms with E-state index in [1.54, 1.807) is 11.8 Å². The van der Waals surface area contributed by atoms with Gasteiger partial charge in [0.05, 0.1) is 12.9 Å². The van der Waals surface area contributed by atoms with Crippen LogP contribution in [-0.2, 0) is 9.53 Å². The van der Waals surface area contributed by atoms with Crippen LogP contribution >= 0.6 is 11.8 Å². The lowest BCUT2D eigenvalue weighted by molar-refractivity contribution is -0.137. The van der Waals surface area contributed by atoms with Crippen LogP contribution in [0.4, 0.5) is 0 Å². The van der Waals surface area contributed by atoms with Gasteiger partial charge in [0.2, 0.25) is 0 Å². The van der Waals surface area contributed by atoms with Crippen molar-refractivity contribution in [1.29, 1.82) is 0 Å². The highest BCUT2D eigenvalue weighted by atomic mass is 32.2. The topological polar surface area (TPSA) is 38.3 Å². The maximum Gasteiger partial charge on any atom is 0.315 e. The molecule has 0 saturated carbocycles. The third-order valence-corrected chi connectivity index (χ3v) is 3.67. The number of carbonyl (C=O) groups excluding carboxylic acids is 1. The molecule has 0 aromatic heterocycles. The molecule has 0 radical (unpaired) electrons. The first kappa shape index (κ1) is 15.1. The van der Waals surface area contributed by atoms with Crippen LogP contribution < -0.4 is 5.32 Å². The Balaban J connectivity index is 2.54. The summed E-state index contributed by atoms with van der Waals surface area (Å²) in [5.74, 6) is 1.11. The molecule has 1 N–H and O–H groups in total. The number of ether oxygens (including phenoxy) is 1. The van der Waals surface area contributed by atoms with Crippen LogP contribution in [0.1, 0.15) is 24.1 Å². The Morgan fingerprint density at radius 1 is 1.39 bits per heavy atom. The Morgan fingerprint density at radius 2 is 2.06 bits per heavy atom. The standard InChI is InChI=1S/C14H21NO2S/c1-4-15-13(9-18-10-14(16)17-3)12-7-5-11(2)6-8-12/h5-8,13,15H,4,9-10H2,1-3H3. The number of carbonyl (C=O) groups is 1. The summed E-state index contributed by atoms with van der Waals surface area (Å²) < 4.78 is 4.63. The first-order valence-corrected chi connectivity index (χ1v) is 7.27. The second-order valence-electron chi connectivity index (χ2n) is 4.11. The zero-order chi connectivity index (χ0) is 13.4. The smallest absolute Gasteiger partial charge is 0.315 e. The number of methoxy groups -OCH3 is 1. The predicted octanol–water partition coefficient (Wildman–Crippen LogP) is 2.55. The molecule has 0 bridgehead atoms. The van der Waals surface area contributed by atoms with E-state index in [2.05, 4.69) is 48.2 Å². The summed E-state index contributed by atoms with van der Waals surface area (Å²) >= 11 is 1.60. The van der Waals surface area contributed by atoms with E-state index in [9.17, 15) is 4.79 Å². The lowest BCUT2D eigenvalue weighted by Crippen LogP contribution is -2.23. The average Bonchev–Trinajstić information content (AvgIpc) is 2.38. The summed E-state index contributed by atoms with van der Waals surface area (Å²) in [6.07, 6.45) is 0. The molecule has 100 valence electrons. The van der Waals surface area contributed by atoms with Crippen molar-refractivity contribution in [1.82, 2.24) is 5.32 Å². The van der Waals surface area contributed by atoms with Gasteiger partial charge in [-0.05, 0) is 19.0 Å². The Kier molecular flexibility index (Phi) is 6.83. The highest BCUT2D eigenvalue weighted by Gasteiger charge is 2.11. The second-order valence-corrected chi connectivity index (χ2v) is 5.14. The van der Waals surface area contributed by atoms with Gasteiger partial charge in [-0.25, -0.2) is 0 Å². The molecule has 0 aliphatic carbocycles. The van der Waals surface area contributed by atoms with Crippen molar-refractivity contribution >= 4 is 17.7 Å². The van der Waals surface area contributed by atoms with Crippen molar-refractivity contribution in [3.8, 4) is 0 Å². The van der Waals surface area contributed by atoms with E-state index in [0.717, 1.165) is 12.3 Å². The zero-order valence-electron chi connectivity index (χ0n) is 11.2. The molecule has 0 amide bonds. The van der Waals surface area contributed by atoms with E-state index < -0.39 is 0 Å². The summed E-state index contributed by atoms with van der Waals surface area (Å²) in [5.41, 5.74) is 2.52. The second kappa shape index (κ2) is 8.16. The van der Waals surface area contributed by atoms with Gasteiger partial charge in [-0.2, -0.15) is 0 Å². The van der Waals surface area contributed by atoms with Gasteiger partial charge in [-0.15, -0.1) is 11.8 Å². The number of hydrogen-bond donors (Lipinski definition) is 1. The summed E-state index contributed by atoms with van der Waals surface area (Å²) in [5, 5.41) is 3.44. The molecule has 0 heterocycles. The van der Waals surface area contributed by atoms with E-state index in [4.69, 9.17) is 0 Å². The van der Waals surface area contributed by atoms with Crippen LogP contribution in [0.25, 0.3) is 0 Å². The van der Waals surface area contributed by atoms with Crippen molar-refractivity contribution in [2.45, 2.75) is 19.9 Å². The number of thioether (sulfide) groups is 1. The SMILES string of the molecule is CCNC(CSCC(=O)OC)c1ccc(C)cc1. The molecule has 1 aromatic rings. The van der Waals surface area contributed by atoms with Crippen LogP contribution in [-0.4, -0.2) is 31.1 Å². The molecule has 0 saturated heterocycles. The molecule has 0 aliphatic heterocycles. The number of hydrogen-bond acceptors (Lipinski definition) is 4. The van der Waals surface area contributed by atoms with E-state index in [1.165, 1.54) is 18.2 Å². The van der Waals surface area contributed by atoms with Crippen molar-refractivity contribution in [3.63, 3.8) is 0 Å². The lowest BCUT2D eigenvalue weighted by atomic mass is 10.1. The number of esters is 1. The molecular formula is C14H21NO2S. The number of aryl methyl sites for hydroxylation is 1. The van der Waals surface area contributed by atoms with Crippen molar-refractivity contribution in [3.05, 3.63) is 35.4 Å². The van der Waals surface area contributed by atoms with Gasteiger partial charge >= 0.3 is 5.97 Å². The van der Waals surface area contributed by atoms with Crippen molar-refractivity contribution in [2.75, 3.05) is 25.2 Å². The maximum absolute atomic E-state index is 11.1. The van der Waals surface area contributed by atoms with Crippen LogP contribution in [0.2, 0.25) is 0 Å². The van der Waals surface area contributed by atoms with Gasteiger partial charge in [-0.3, -0.25) is 4.79 Å². The van der Waals surface area contributed by atoms with Gasteiger partial charge < -0.3 is 10.1 Å². The fourth-order valence-electron chi connectivity index (χ4n) is 1.64. The Morgan fingerprint density at radius 3 is 2.61 bits per heavy atom. The highest BCUT2D eigenvalue weighted by molar-refractivity contribution is 7.99. The van der Waals surface area contributed by atoms with E-state index in [0.29, 0.717) is 5.75 Å². The first-order chi connectivity index (χ1) is 8.67. The molecule has 0 spiro atoms. The Bertz CT molecular complexity index is 365. The molecule has 1 aromatic carbocycles. The highest BCUT2D eigenvalue weighted by Crippen LogP contribution is 2.19. The normalized spacial score (nSPS) is 12.2. The van der Waals surface area contributed by atoms with Crippen molar-refractivity contribution < 1.29 is 9.53 Å². The van der Waals surface area contributed by atoms with Gasteiger partial charge in [0.25, 0.3) is 0 Å². The fourth-order valence-corrected chi connectivity index (χ4v) is 2.59. The lowest BCUT2D eigenvalue weighted by Gasteiger charge is -2.18. The fraction of sp³-hybridized carbons (Fsp3) is 0.500. The summed E-state index contributed by atoms with van der Waals surface area (Å²) in [6, 6.07) is 8.79. The molecule has 0 fully saturated rings. The third kappa shape index (κ3) is 5.10. The molecular weight excluding hydrogens is 246 g/mol. The van der Waals surface area contributed by atoms with E-state index in [-0.39, 0.29) is 12.0 Å². The molecule has 3 nitrogen and oxygen atoms in total. The molecule has 0 aliphatic rings. The Hall–Kier alpha value is -1.00. The van der Waals surface area contributed by atoms with Crippen molar-refractivity contribution in [2.24, 2.45) is 0 Å². The monoisotopic (exact) mass is 267 g/mol. The first-order valence-electron chi connectivity index (χ1n) is 6.12. The van der Waals surface area contributed by atoms with Gasteiger partial charge in [-0.1, -0.05) is 36.8 Å². The number of nitrogens with one attached hydrogen (secondary N) is 1. The third-order valence-electron chi connectivity index (χ3n) is 2.66. The van der Waals surface area contributed by atoms with E-state index in [1.807, 2.05) is 0 Å². The van der Waals surface area contributed by atoms with Gasteiger partial charge in [0.15, 0.2) is 0 Å². The van der Waals surface area contributed by atoms with Crippen LogP contribution in [0.15, 0.2) is 24.3 Å². The Labute approximate surface area is 113 Å². The van der Waals surface area contributed by atoms with Crippen LogP contribution in [0.5, 0.6) is 0 Å². The minimum atomic E-state index is -0.167. The number of benzene rings is 1. The number of rotatable bonds is 7. The van der Waals surface area contributed by atoms with Gasteiger partial charge in [0, 0.05) is 11.8 Å². The summed E-state index contributed by atoms with van der Waals surface area (Å²) in [6.45, 7) is 5.08. The quantitative estimate of drug-likeness (QED) is 0.771. The minimum absolute atomic E-state index is 0.167. The average molecular weight is 267 g/mol. The molecule has 18 heavy (non-hydrogen) atoms. The largest absolute Gasteiger partial charge is 0.468 e. The van der Waals surface area contributed by atoms with Crippen LogP contribution in [0.3, 0.4) is 0 Å². The minimum Gasteiger partial charge on any atom is -0.468 e. The predicted molar refractivity (Wildman–Crippen MR) is 76.9 cm³/mol. The van der Waals surface area contributed by atoms with Gasteiger partial charge in [0.1, 0.15) is 0 Å². The summed E-state index contributed by atoms with van der Waals surface area (Å²) in [7, 11) is 1.42.